The minimum absolute atomic E-state index is 0.486. The lowest BCUT2D eigenvalue weighted by Gasteiger charge is -2.23. The zero-order valence-electron chi connectivity index (χ0n) is 13.9. The number of fused-ring (bicyclic) bond motifs is 5. The highest BCUT2D eigenvalue weighted by molar-refractivity contribution is 5.80. The highest BCUT2D eigenvalue weighted by Crippen LogP contribution is 2.47. The topological polar surface area (TPSA) is 75.8 Å². The number of ether oxygens (including phenoxy) is 1. The first-order valence-corrected chi connectivity index (χ1v) is 8.71. The van der Waals surface area contributed by atoms with E-state index in [4.69, 9.17) is 9.26 Å². The van der Waals surface area contributed by atoms with Crippen LogP contribution in [0.4, 0.5) is 0 Å². The first kappa shape index (κ1) is 14.9. The number of aryl methyl sites for hydroxylation is 1. The summed E-state index contributed by atoms with van der Waals surface area (Å²) in [7, 11) is 1.85. The number of nitrogens with one attached hydrogen (secondary N) is 1. The van der Waals surface area contributed by atoms with E-state index in [9.17, 15) is 0 Å². The molecule has 4 rings (SSSR count). The molecule has 3 aliphatic heterocycles. The first-order valence-electron chi connectivity index (χ1n) is 8.71. The van der Waals surface area contributed by atoms with Crippen molar-refractivity contribution in [1.82, 2.24) is 20.4 Å². The quantitative estimate of drug-likeness (QED) is 0.655. The van der Waals surface area contributed by atoms with Crippen molar-refractivity contribution in [3.63, 3.8) is 0 Å². The summed E-state index contributed by atoms with van der Waals surface area (Å²) in [6, 6.07) is 0. The van der Waals surface area contributed by atoms with Crippen molar-refractivity contribution in [2.24, 2.45) is 16.8 Å². The van der Waals surface area contributed by atoms with Gasteiger partial charge in [0.25, 0.3) is 0 Å². The standard InChI is InChI=1S/C16H25N5O2/c1-3-15-19-14(20-23-15)6-7-18-16(17-2)21-8-10-11(9-21)13-5-4-12(10)22-13/h10-13H,3-9H2,1-2H3,(H,17,18). The number of hydrogen-bond donors (Lipinski definition) is 1. The summed E-state index contributed by atoms with van der Waals surface area (Å²) in [5.74, 6) is 3.83. The highest BCUT2D eigenvalue weighted by atomic mass is 16.5. The number of aliphatic imine (C=N–C) groups is 1. The third-order valence-electron chi connectivity index (χ3n) is 5.41. The molecule has 3 saturated heterocycles. The van der Waals surface area contributed by atoms with E-state index in [1.54, 1.807) is 0 Å². The van der Waals surface area contributed by atoms with Crippen LogP contribution in [0.1, 0.15) is 31.5 Å². The summed E-state index contributed by atoms with van der Waals surface area (Å²) in [4.78, 5) is 11.2. The maximum atomic E-state index is 6.04. The van der Waals surface area contributed by atoms with E-state index in [1.165, 1.54) is 12.8 Å². The molecule has 23 heavy (non-hydrogen) atoms. The molecule has 2 bridgehead atoms. The molecule has 4 unspecified atom stereocenters. The molecule has 3 fully saturated rings. The van der Waals surface area contributed by atoms with Crippen LogP contribution in [0.3, 0.4) is 0 Å². The van der Waals surface area contributed by atoms with Gasteiger partial charge in [-0.15, -0.1) is 0 Å². The first-order chi connectivity index (χ1) is 11.3. The van der Waals surface area contributed by atoms with E-state index in [-0.39, 0.29) is 0 Å². The molecule has 0 aromatic carbocycles. The molecule has 0 aliphatic carbocycles. The lowest BCUT2D eigenvalue weighted by atomic mass is 9.82. The van der Waals surface area contributed by atoms with Gasteiger partial charge in [-0.2, -0.15) is 4.98 Å². The van der Waals surface area contributed by atoms with Gasteiger partial charge in [-0.3, -0.25) is 4.99 Å². The fourth-order valence-corrected chi connectivity index (χ4v) is 4.29. The Morgan fingerprint density at radius 2 is 2.04 bits per heavy atom. The van der Waals surface area contributed by atoms with Gasteiger partial charge in [-0.25, -0.2) is 0 Å². The number of aromatic nitrogens is 2. The number of likely N-dealkylation sites (tertiary alicyclic amines) is 1. The number of nitrogens with zero attached hydrogens (tertiary/aromatic N) is 4. The molecule has 1 aromatic rings. The molecule has 7 nitrogen and oxygen atoms in total. The molecule has 4 atom stereocenters. The van der Waals surface area contributed by atoms with Crippen LogP contribution in [0, 0.1) is 11.8 Å². The summed E-state index contributed by atoms with van der Waals surface area (Å²) in [6.07, 6.45) is 4.98. The third-order valence-corrected chi connectivity index (χ3v) is 5.41. The smallest absolute Gasteiger partial charge is 0.226 e. The highest BCUT2D eigenvalue weighted by Gasteiger charge is 2.53. The summed E-state index contributed by atoms with van der Waals surface area (Å²) in [5.41, 5.74) is 0. The van der Waals surface area contributed by atoms with E-state index in [0.717, 1.165) is 44.3 Å². The Bertz CT molecular complexity index is 569. The average molecular weight is 319 g/mol. The predicted octanol–water partition coefficient (Wildman–Crippen LogP) is 0.859. The van der Waals surface area contributed by atoms with Crippen LogP contribution < -0.4 is 5.32 Å². The van der Waals surface area contributed by atoms with Crippen molar-refractivity contribution in [1.29, 1.82) is 0 Å². The van der Waals surface area contributed by atoms with Crippen LogP contribution in [0.5, 0.6) is 0 Å². The van der Waals surface area contributed by atoms with Gasteiger partial charge >= 0.3 is 0 Å². The summed E-state index contributed by atoms with van der Waals surface area (Å²) >= 11 is 0. The minimum atomic E-state index is 0.486. The van der Waals surface area contributed by atoms with Crippen molar-refractivity contribution >= 4 is 5.96 Å². The van der Waals surface area contributed by atoms with Crippen molar-refractivity contribution in [2.45, 2.75) is 44.8 Å². The second kappa shape index (κ2) is 6.11. The molecular weight excluding hydrogens is 294 g/mol. The Labute approximate surface area is 136 Å². The Balaban J connectivity index is 1.30. The van der Waals surface area contributed by atoms with E-state index in [2.05, 4.69) is 25.3 Å². The molecule has 0 amide bonds. The van der Waals surface area contributed by atoms with E-state index in [1.807, 2.05) is 14.0 Å². The van der Waals surface area contributed by atoms with Gasteiger partial charge in [0.05, 0.1) is 12.2 Å². The second-order valence-electron chi connectivity index (χ2n) is 6.70. The zero-order chi connectivity index (χ0) is 15.8. The average Bonchev–Trinajstić information content (AvgIpc) is 3.32. The Morgan fingerprint density at radius 3 is 2.65 bits per heavy atom. The monoisotopic (exact) mass is 319 g/mol. The zero-order valence-corrected chi connectivity index (χ0v) is 13.9. The van der Waals surface area contributed by atoms with Gasteiger partial charge in [-0.05, 0) is 12.8 Å². The van der Waals surface area contributed by atoms with Crippen LogP contribution in [-0.2, 0) is 17.6 Å². The van der Waals surface area contributed by atoms with Crippen LogP contribution in [-0.4, -0.2) is 59.9 Å². The predicted molar refractivity (Wildman–Crippen MR) is 85.2 cm³/mol. The Kier molecular flexibility index (Phi) is 3.97. The lowest BCUT2D eigenvalue weighted by molar-refractivity contribution is 0.0767. The molecule has 0 radical (unpaired) electrons. The van der Waals surface area contributed by atoms with Gasteiger partial charge < -0.3 is 19.5 Å². The van der Waals surface area contributed by atoms with Crippen LogP contribution >= 0.6 is 0 Å². The Hall–Kier alpha value is -1.63. The summed E-state index contributed by atoms with van der Waals surface area (Å²) < 4.78 is 11.2. The van der Waals surface area contributed by atoms with Crippen molar-refractivity contribution in [3.8, 4) is 0 Å². The molecule has 0 spiro atoms. The van der Waals surface area contributed by atoms with Crippen LogP contribution in [0.25, 0.3) is 0 Å². The van der Waals surface area contributed by atoms with Crippen molar-refractivity contribution < 1.29 is 9.26 Å². The molecular formula is C16H25N5O2. The van der Waals surface area contributed by atoms with Gasteiger partial charge in [-0.1, -0.05) is 12.1 Å². The third kappa shape index (κ3) is 2.71. The van der Waals surface area contributed by atoms with E-state index < -0.39 is 0 Å². The molecule has 1 N–H and O–H groups in total. The van der Waals surface area contributed by atoms with Gasteiger partial charge in [0, 0.05) is 51.4 Å². The number of rotatable bonds is 4. The molecule has 0 saturated carbocycles. The molecule has 7 heteroatoms. The lowest BCUT2D eigenvalue weighted by Crippen LogP contribution is -2.42. The van der Waals surface area contributed by atoms with Gasteiger partial charge in [0.1, 0.15) is 0 Å². The summed E-state index contributed by atoms with van der Waals surface area (Å²) in [6.45, 7) is 4.91. The van der Waals surface area contributed by atoms with Crippen molar-refractivity contribution in [3.05, 3.63) is 11.7 Å². The fraction of sp³-hybridized carbons (Fsp3) is 0.812. The van der Waals surface area contributed by atoms with Gasteiger partial charge in [0.15, 0.2) is 11.8 Å². The Morgan fingerprint density at radius 1 is 1.30 bits per heavy atom. The number of guanidine groups is 1. The minimum Gasteiger partial charge on any atom is -0.374 e. The molecule has 4 heterocycles. The number of hydrogen-bond acceptors (Lipinski definition) is 5. The normalized spacial score (nSPS) is 32.6. The largest absolute Gasteiger partial charge is 0.374 e. The maximum absolute atomic E-state index is 6.04. The van der Waals surface area contributed by atoms with E-state index >= 15 is 0 Å². The molecule has 1 aromatic heterocycles. The van der Waals surface area contributed by atoms with Gasteiger partial charge in [0.2, 0.25) is 5.89 Å². The maximum Gasteiger partial charge on any atom is 0.226 e. The molecule has 3 aliphatic rings. The van der Waals surface area contributed by atoms with Crippen LogP contribution in [0.2, 0.25) is 0 Å². The van der Waals surface area contributed by atoms with E-state index in [0.29, 0.717) is 29.9 Å². The summed E-state index contributed by atoms with van der Waals surface area (Å²) in [5, 5.41) is 7.43. The molecule has 126 valence electrons. The van der Waals surface area contributed by atoms with Crippen LogP contribution in [0.15, 0.2) is 9.52 Å². The second-order valence-corrected chi connectivity index (χ2v) is 6.70. The fourth-order valence-electron chi connectivity index (χ4n) is 4.29. The van der Waals surface area contributed by atoms with Crippen molar-refractivity contribution in [2.75, 3.05) is 26.7 Å². The SMILES string of the molecule is CCc1nc(CCNC(=NC)N2CC3C4CCC(O4)C3C2)no1.